The van der Waals surface area contributed by atoms with Gasteiger partial charge in [-0.25, -0.2) is 8.42 Å². The van der Waals surface area contributed by atoms with Crippen LogP contribution < -0.4 is 9.46 Å². The van der Waals surface area contributed by atoms with Gasteiger partial charge in [-0.05, 0) is 36.2 Å². The fourth-order valence-electron chi connectivity index (χ4n) is 2.94. The van der Waals surface area contributed by atoms with Crippen molar-refractivity contribution >= 4 is 15.7 Å². The van der Waals surface area contributed by atoms with Gasteiger partial charge in [0, 0.05) is 6.07 Å². The lowest BCUT2D eigenvalue weighted by atomic mass is 9.99. The molecule has 0 saturated carbocycles. The molecular weight excluding hydrogens is 392 g/mol. The molecule has 8 heteroatoms. The van der Waals surface area contributed by atoms with Gasteiger partial charge in [0.2, 0.25) is 10.0 Å². The zero-order valence-corrected chi connectivity index (χ0v) is 16.7. The fourth-order valence-corrected chi connectivity index (χ4v) is 4.32. The molecule has 7 nitrogen and oxygen atoms in total. The number of aryl methyl sites for hydroxylation is 1. The van der Waals surface area contributed by atoms with Crippen LogP contribution in [0.5, 0.6) is 5.75 Å². The second-order valence-corrected chi connectivity index (χ2v) is 8.15. The standard InChI is InChI=1S/C21H20N2O5S/c1-15-7-9-16(10-8-15)21(17-11-13-18(28-2)14-12-17)22-29(26,27)20-6-4-3-5-19(20)23(24)25/h3-14,21-22H,1-2H3/t21-/m1/s1. The number of rotatable bonds is 7. The Hall–Kier alpha value is -3.23. The third-order valence-electron chi connectivity index (χ3n) is 4.48. The van der Waals surface area contributed by atoms with Crippen molar-refractivity contribution < 1.29 is 18.1 Å². The largest absolute Gasteiger partial charge is 0.497 e. The van der Waals surface area contributed by atoms with Crippen molar-refractivity contribution in [3.63, 3.8) is 0 Å². The molecule has 1 N–H and O–H groups in total. The quantitative estimate of drug-likeness (QED) is 0.467. The molecule has 3 rings (SSSR count). The molecule has 3 aromatic carbocycles. The maximum Gasteiger partial charge on any atom is 0.289 e. The van der Waals surface area contributed by atoms with Crippen LogP contribution >= 0.6 is 0 Å². The van der Waals surface area contributed by atoms with Crippen molar-refractivity contribution in [3.05, 3.63) is 99.6 Å². The van der Waals surface area contributed by atoms with Crippen LogP contribution in [-0.4, -0.2) is 20.5 Å². The normalized spacial score (nSPS) is 12.3. The van der Waals surface area contributed by atoms with E-state index in [-0.39, 0.29) is 4.90 Å². The van der Waals surface area contributed by atoms with E-state index in [2.05, 4.69) is 4.72 Å². The molecule has 0 aliphatic carbocycles. The minimum atomic E-state index is -4.18. The maximum absolute atomic E-state index is 13.1. The molecule has 0 aromatic heterocycles. The summed E-state index contributed by atoms with van der Waals surface area (Å²) in [6.07, 6.45) is 0. The zero-order chi connectivity index (χ0) is 21.0. The van der Waals surface area contributed by atoms with Gasteiger partial charge in [-0.3, -0.25) is 10.1 Å². The molecule has 0 aliphatic rings. The van der Waals surface area contributed by atoms with Crippen LogP contribution in [0.3, 0.4) is 0 Å². The average Bonchev–Trinajstić information content (AvgIpc) is 2.73. The van der Waals surface area contributed by atoms with Gasteiger partial charge >= 0.3 is 0 Å². The van der Waals surface area contributed by atoms with Crippen LogP contribution in [0, 0.1) is 17.0 Å². The molecule has 0 amide bonds. The highest BCUT2D eigenvalue weighted by atomic mass is 32.2. The maximum atomic E-state index is 13.1. The van der Waals surface area contributed by atoms with Gasteiger partial charge in [-0.1, -0.05) is 54.1 Å². The second kappa shape index (κ2) is 8.42. The van der Waals surface area contributed by atoms with E-state index in [4.69, 9.17) is 4.74 Å². The van der Waals surface area contributed by atoms with Crippen molar-refractivity contribution in [2.45, 2.75) is 17.9 Å². The van der Waals surface area contributed by atoms with Crippen molar-refractivity contribution in [2.75, 3.05) is 7.11 Å². The monoisotopic (exact) mass is 412 g/mol. The Morgan fingerprint density at radius 1 is 0.931 bits per heavy atom. The minimum Gasteiger partial charge on any atom is -0.497 e. The van der Waals surface area contributed by atoms with Gasteiger partial charge in [0.25, 0.3) is 5.69 Å². The van der Waals surface area contributed by atoms with Crippen molar-refractivity contribution in [3.8, 4) is 5.75 Å². The lowest BCUT2D eigenvalue weighted by Gasteiger charge is -2.20. The summed E-state index contributed by atoms with van der Waals surface area (Å²) in [6.45, 7) is 1.93. The summed E-state index contributed by atoms with van der Waals surface area (Å²) < 4.78 is 33.9. The van der Waals surface area contributed by atoms with Gasteiger partial charge in [0.05, 0.1) is 18.1 Å². The highest BCUT2D eigenvalue weighted by Gasteiger charge is 2.29. The van der Waals surface area contributed by atoms with E-state index < -0.39 is 26.7 Å². The number of hydrogen-bond acceptors (Lipinski definition) is 5. The fraction of sp³-hybridized carbons (Fsp3) is 0.143. The summed E-state index contributed by atoms with van der Waals surface area (Å²) in [5.41, 5.74) is 1.95. The number of nitro benzene ring substituents is 1. The Morgan fingerprint density at radius 3 is 2.03 bits per heavy atom. The molecule has 0 spiro atoms. The zero-order valence-electron chi connectivity index (χ0n) is 15.9. The molecule has 0 aliphatic heterocycles. The summed E-state index contributed by atoms with van der Waals surface area (Å²) >= 11 is 0. The first-order chi connectivity index (χ1) is 13.8. The van der Waals surface area contributed by atoms with Crippen molar-refractivity contribution in [1.29, 1.82) is 0 Å². The number of sulfonamides is 1. The van der Waals surface area contributed by atoms with Gasteiger partial charge < -0.3 is 4.74 Å². The summed E-state index contributed by atoms with van der Waals surface area (Å²) in [7, 11) is -2.63. The van der Waals surface area contributed by atoms with E-state index in [1.807, 2.05) is 31.2 Å². The highest BCUT2D eigenvalue weighted by molar-refractivity contribution is 7.89. The molecule has 0 saturated heterocycles. The number of methoxy groups -OCH3 is 1. The minimum absolute atomic E-state index is 0.379. The van der Waals surface area contributed by atoms with Crippen LogP contribution in [0.25, 0.3) is 0 Å². The molecule has 0 unspecified atom stereocenters. The number of para-hydroxylation sites is 1. The number of nitrogens with zero attached hydrogens (tertiary/aromatic N) is 1. The van der Waals surface area contributed by atoms with Crippen LogP contribution in [0.4, 0.5) is 5.69 Å². The Morgan fingerprint density at radius 2 is 1.48 bits per heavy atom. The lowest BCUT2D eigenvalue weighted by Crippen LogP contribution is -2.30. The van der Waals surface area contributed by atoms with Gasteiger partial charge in [-0.2, -0.15) is 4.72 Å². The third kappa shape index (κ3) is 4.61. The van der Waals surface area contributed by atoms with Crippen molar-refractivity contribution in [1.82, 2.24) is 4.72 Å². The number of benzene rings is 3. The van der Waals surface area contributed by atoms with Gasteiger partial charge in [0.15, 0.2) is 4.90 Å². The molecule has 29 heavy (non-hydrogen) atoms. The van der Waals surface area contributed by atoms with E-state index in [0.29, 0.717) is 16.9 Å². The van der Waals surface area contributed by atoms with Crippen LogP contribution in [0.2, 0.25) is 0 Å². The third-order valence-corrected chi connectivity index (χ3v) is 5.95. The Kier molecular flexibility index (Phi) is 5.95. The SMILES string of the molecule is COc1ccc([C@H](NS(=O)(=O)c2ccccc2[N+](=O)[O-])c2ccc(C)cc2)cc1. The van der Waals surface area contributed by atoms with Crippen LogP contribution in [0.1, 0.15) is 22.7 Å². The predicted molar refractivity (Wildman–Crippen MR) is 109 cm³/mol. The molecule has 0 radical (unpaired) electrons. The molecule has 3 aromatic rings. The first-order valence-electron chi connectivity index (χ1n) is 8.78. The Labute approximate surface area is 169 Å². The van der Waals surface area contributed by atoms with E-state index in [0.717, 1.165) is 5.56 Å². The summed E-state index contributed by atoms with van der Waals surface area (Å²) in [5.74, 6) is 0.637. The van der Waals surface area contributed by atoms with E-state index in [1.165, 1.54) is 24.3 Å². The summed E-state index contributed by atoms with van der Waals surface area (Å²) in [4.78, 5) is 10.2. The summed E-state index contributed by atoms with van der Waals surface area (Å²) in [5, 5.41) is 11.3. The van der Waals surface area contributed by atoms with Gasteiger partial charge in [0.1, 0.15) is 5.75 Å². The number of hydrogen-bond donors (Lipinski definition) is 1. The first kappa shape index (κ1) is 20.5. The molecule has 0 fully saturated rings. The molecular formula is C21H20N2O5S. The predicted octanol–water partition coefficient (Wildman–Crippen LogP) is 3.98. The molecule has 150 valence electrons. The average molecular weight is 412 g/mol. The van der Waals surface area contributed by atoms with E-state index in [1.54, 1.807) is 31.4 Å². The lowest BCUT2D eigenvalue weighted by molar-refractivity contribution is -0.387. The van der Waals surface area contributed by atoms with Gasteiger partial charge in [-0.15, -0.1) is 0 Å². The smallest absolute Gasteiger partial charge is 0.289 e. The Balaban J connectivity index is 2.07. The second-order valence-electron chi connectivity index (χ2n) is 6.46. The summed E-state index contributed by atoms with van der Waals surface area (Å²) in [6, 6.07) is 18.9. The van der Waals surface area contributed by atoms with Crippen LogP contribution in [-0.2, 0) is 10.0 Å². The molecule has 0 bridgehead atoms. The van der Waals surface area contributed by atoms with E-state index in [9.17, 15) is 18.5 Å². The number of nitrogens with one attached hydrogen (secondary N) is 1. The number of ether oxygens (including phenoxy) is 1. The highest BCUT2D eigenvalue weighted by Crippen LogP contribution is 2.29. The number of nitro groups is 1. The first-order valence-corrected chi connectivity index (χ1v) is 10.3. The van der Waals surface area contributed by atoms with Crippen molar-refractivity contribution in [2.24, 2.45) is 0 Å². The molecule has 1 atom stereocenters. The van der Waals surface area contributed by atoms with Crippen LogP contribution in [0.15, 0.2) is 77.7 Å². The topological polar surface area (TPSA) is 98.5 Å². The Bertz CT molecular complexity index is 1110. The molecule has 0 heterocycles. The van der Waals surface area contributed by atoms with E-state index >= 15 is 0 Å².